The third-order valence-corrected chi connectivity index (χ3v) is 1.69. The summed E-state index contributed by atoms with van der Waals surface area (Å²) in [5, 5.41) is 3.87. The highest BCUT2D eigenvalue weighted by atomic mass is 16.5. The Morgan fingerprint density at radius 3 is 2.57 bits per heavy atom. The van der Waals surface area contributed by atoms with Gasteiger partial charge < -0.3 is 10.5 Å². The Morgan fingerprint density at radius 2 is 2.00 bits per heavy atom. The molecule has 0 fully saturated rings. The minimum absolute atomic E-state index is 0.207. The first-order valence-corrected chi connectivity index (χ1v) is 4.15. The molecule has 0 radical (unpaired) electrons. The Hall–Kier alpha value is -2.04. The Bertz CT molecular complexity index is 424. The highest BCUT2D eigenvalue weighted by Crippen LogP contribution is 2.18. The van der Waals surface area contributed by atoms with E-state index in [0.29, 0.717) is 11.8 Å². The molecule has 0 spiro atoms. The van der Waals surface area contributed by atoms with E-state index in [1.54, 1.807) is 7.05 Å². The Balaban J connectivity index is 2.23. The summed E-state index contributed by atoms with van der Waals surface area (Å²) in [4.78, 5) is 3.91. The lowest BCUT2D eigenvalue weighted by molar-refractivity contribution is 0.415. The molecule has 0 aliphatic heterocycles. The van der Waals surface area contributed by atoms with E-state index in [9.17, 15) is 0 Å². The molecule has 1 aromatic heterocycles. The van der Waals surface area contributed by atoms with E-state index in [-0.39, 0.29) is 5.95 Å². The number of hydrogen-bond donors (Lipinski definition) is 1. The maximum absolute atomic E-state index is 5.44. The van der Waals surface area contributed by atoms with Crippen molar-refractivity contribution in [3.05, 3.63) is 30.3 Å². The minimum Gasteiger partial charge on any atom is -0.424 e. The lowest BCUT2D eigenvalue weighted by Crippen LogP contribution is -1.95. The third-order valence-electron chi connectivity index (χ3n) is 1.69. The van der Waals surface area contributed by atoms with E-state index in [0.717, 1.165) is 0 Å². The first-order valence-electron chi connectivity index (χ1n) is 4.15. The number of nitrogens with two attached hydrogens (primary N) is 1. The molecule has 0 unspecified atom stereocenters. The van der Waals surface area contributed by atoms with Crippen molar-refractivity contribution in [2.75, 3.05) is 5.73 Å². The molecule has 2 N–H and O–H groups in total. The normalized spacial score (nSPS) is 10.1. The molecule has 2 rings (SSSR count). The monoisotopic (exact) mass is 190 g/mol. The highest BCUT2D eigenvalue weighted by molar-refractivity contribution is 5.26. The molecule has 0 saturated heterocycles. The smallest absolute Gasteiger partial charge is 0.321 e. The molecule has 0 bridgehead atoms. The van der Waals surface area contributed by atoms with Crippen molar-refractivity contribution in [1.29, 1.82) is 0 Å². The van der Waals surface area contributed by atoms with Crippen molar-refractivity contribution in [1.82, 2.24) is 14.8 Å². The fourth-order valence-corrected chi connectivity index (χ4v) is 1.07. The molecule has 72 valence electrons. The average molecular weight is 190 g/mol. The predicted octanol–water partition coefficient (Wildman–Crippen LogP) is 1.19. The van der Waals surface area contributed by atoms with Gasteiger partial charge in [0.25, 0.3) is 0 Å². The molecule has 2 aromatic rings. The zero-order valence-corrected chi connectivity index (χ0v) is 7.71. The van der Waals surface area contributed by atoms with E-state index < -0.39 is 0 Å². The van der Waals surface area contributed by atoms with Gasteiger partial charge in [-0.3, -0.25) is 0 Å². The SMILES string of the molecule is Cn1nc(N)nc1Oc1ccccc1. The number of hydrogen-bond acceptors (Lipinski definition) is 4. The van der Waals surface area contributed by atoms with Crippen molar-refractivity contribution >= 4 is 5.95 Å². The van der Waals surface area contributed by atoms with E-state index in [1.165, 1.54) is 4.68 Å². The first-order chi connectivity index (χ1) is 6.75. The molecule has 0 amide bonds. The van der Waals surface area contributed by atoms with Gasteiger partial charge in [0.05, 0.1) is 0 Å². The fourth-order valence-electron chi connectivity index (χ4n) is 1.07. The average Bonchev–Trinajstić information content (AvgIpc) is 2.47. The Labute approximate surface area is 81.1 Å². The van der Waals surface area contributed by atoms with Crippen LogP contribution in [0.4, 0.5) is 5.95 Å². The van der Waals surface area contributed by atoms with Crippen molar-refractivity contribution < 1.29 is 4.74 Å². The molecule has 14 heavy (non-hydrogen) atoms. The second-order valence-corrected chi connectivity index (χ2v) is 2.79. The Kier molecular flexibility index (Phi) is 2.06. The van der Waals surface area contributed by atoms with Gasteiger partial charge in [-0.1, -0.05) is 18.2 Å². The molecule has 5 heteroatoms. The number of aromatic nitrogens is 3. The van der Waals surface area contributed by atoms with Gasteiger partial charge in [0, 0.05) is 7.05 Å². The summed E-state index contributed by atoms with van der Waals surface area (Å²) in [6.45, 7) is 0. The molecule has 0 atom stereocenters. The third kappa shape index (κ3) is 1.66. The molecule has 5 nitrogen and oxygen atoms in total. The summed E-state index contributed by atoms with van der Waals surface area (Å²) in [5.74, 6) is 0.918. The second-order valence-electron chi connectivity index (χ2n) is 2.79. The summed E-state index contributed by atoms with van der Waals surface area (Å²) in [6, 6.07) is 9.74. The Morgan fingerprint density at radius 1 is 1.29 bits per heavy atom. The van der Waals surface area contributed by atoms with E-state index >= 15 is 0 Å². The van der Waals surface area contributed by atoms with Crippen LogP contribution in [0.5, 0.6) is 11.8 Å². The zero-order valence-electron chi connectivity index (χ0n) is 7.71. The number of nitrogen functional groups attached to an aromatic ring is 1. The number of nitrogens with zero attached hydrogens (tertiary/aromatic N) is 3. The summed E-state index contributed by atoms with van der Waals surface area (Å²) in [5.41, 5.74) is 5.41. The number of benzene rings is 1. The lowest BCUT2D eigenvalue weighted by Gasteiger charge is -2.01. The van der Waals surface area contributed by atoms with Crippen LogP contribution in [0.15, 0.2) is 30.3 Å². The van der Waals surface area contributed by atoms with Crippen LogP contribution >= 0.6 is 0 Å². The van der Waals surface area contributed by atoms with Crippen molar-refractivity contribution in [3.63, 3.8) is 0 Å². The van der Waals surface area contributed by atoms with Crippen LogP contribution in [-0.4, -0.2) is 14.8 Å². The van der Waals surface area contributed by atoms with Crippen LogP contribution in [0.25, 0.3) is 0 Å². The van der Waals surface area contributed by atoms with Gasteiger partial charge in [0.2, 0.25) is 5.95 Å². The van der Waals surface area contributed by atoms with Gasteiger partial charge in [-0.15, -0.1) is 5.10 Å². The topological polar surface area (TPSA) is 66.0 Å². The largest absolute Gasteiger partial charge is 0.424 e. The van der Waals surface area contributed by atoms with Gasteiger partial charge in [-0.05, 0) is 12.1 Å². The summed E-state index contributed by atoms with van der Waals surface area (Å²) < 4.78 is 6.93. The molecule has 0 aliphatic carbocycles. The van der Waals surface area contributed by atoms with Crippen LogP contribution in [0.3, 0.4) is 0 Å². The van der Waals surface area contributed by atoms with Gasteiger partial charge >= 0.3 is 6.01 Å². The fraction of sp³-hybridized carbons (Fsp3) is 0.111. The van der Waals surface area contributed by atoms with E-state index in [4.69, 9.17) is 10.5 Å². The summed E-state index contributed by atoms with van der Waals surface area (Å²) in [7, 11) is 1.72. The molecule has 1 aromatic carbocycles. The standard InChI is InChI=1S/C9H10N4O/c1-13-9(11-8(10)12-13)14-7-5-3-2-4-6-7/h2-6H,1H3,(H2,10,12). The molecule has 1 heterocycles. The molecule has 0 aliphatic rings. The maximum Gasteiger partial charge on any atom is 0.321 e. The number of para-hydroxylation sites is 1. The number of aryl methyl sites for hydroxylation is 1. The van der Waals surface area contributed by atoms with Crippen LogP contribution in [0.1, 0.15) is 0 Å². The first kappa shape index (κ1) is 8.55. The van der Waals surface area contributed by atoms with Crippen LogP contribution in [0.2, 0.25) is 0 Å². The zero-order chi connectivity index (χ0) is 9.97. The van der Waals surface area contributed by atoms with Crippen LogP contribution in [-0.2, 0) is 7.05 Å². The predicted molar refractivity (Wildman–Crippen MR) is 51.9 cm³/mol. The van der Waals surface area contributed by atoms with Gasteiger partial charge in [0.15, 0.2) is 0 Å². The second kappa shape index (κ2) is 3.37. The van der Waals surface area contributed by atoms with Gasteiger partial charge in [-0.25, -0.2) is 4.68 Å². The van der Waals surface area contributed by atoms with Gasteiger partial charge in [0.1, 0.15) is 5.75 Å². The summed E-state index contributed by atoms with van der Waals surface area (Å²) in [6.07, 6.45) is 0. The van der Waals surface area contributed by atoms with Crippen molar-refractivity contribution in [2.45, 2.75) is 0 Å². The van der Waals surface area contributed by atoms with Crippen molar-refractivity contribution in [2.24, 2.45) is 7.05 Å². The number of anilines is 1. The summed E-state index contributed by atoms with van der Waals surface area (Å²) >= 11 is 0. The van der Waals surface area contributed by atoms with Crippen molar-refractivity contribution in [3.8, 4) is 11.8 Å². The number of rotatable bonds is 2. The molecular weight excluding hydrogens is 180 g/mol. The highest BCUT2D eigenvalue weighted by Gasteiger charge is 2.05. The van der Waals surface area contributed by atoms with Crippen LogP contribution < -0.4 is 10.5 Å². The van der Waals surface area contributed by atoms with E-state index in [1.807, 2.05) is 30.3 Å². The van der Waals surface area contributed by atoms with Crippen LogP contribution in [0, 0.1) is 0 Å². The maximum atomic E-state index is 5.44. The quantitative estimate of drug-likeness (QED) is 0.772. The lowest BCUT2D eigenvalue weighted by atomic mass is 10.3. The van der Waals surface area contributed by atoms with E-state index in [2.05, 4.69) is 10.1 Å². The molecule has 0 saturated carbocycles. The number of ether oxygens (including phenoxy) is 1. The van der Waals surface area contributed by atoms with Gasteiger partial charge in [-0.2, -0.15) is 4.98 Å². The molecular formula is C9H10N4O. The minimum atomic E-state index is 0.207.